The van der Waals surface area contributed by atoms with Crippen LogP contribution >= 0.6 is 12.4 Å². The molecule has 2 rings (SSSR count). The number of ether oxygens (including phenoxy) is 1. The van der Waals surface area contributed by atoms with Crippen molar-refractivity contribution in [3.05, 3.63) is 29.3 Å². The van der Waals surface area contributed by atoms with Crippen molar-refractivity contribution in [2.45, 2.75) is 19.4 Å². The third kappa shape index (κ3) is 4.98. The summed E-state index contributed by atoms with van der Waals surface area (Å²) in [5.41, 5.74) is 2.11. The molecule has 1 aliphatic heterocycles. The fraction of sp³-hybridized carbons (Fsp3) is 0.467. The van der Waals surface area contributed by atoms with E-state index >= 15 is 0 Å². The number of morpholine rings is 1. The number of amides is 2. The third-order valence-electron chi connectivity index (χ3n) is 3.43. The van der Waals surface area contributed by atoms with Gasteiger partial charge in [0.1, 0.15) is 0 Å². The summed E-state index contributed by atoms with van der Waals surface area (Å²) in [6.07, 6.45) is 0.351. The first-order valence-corrected chi connectivity index (χ1v) is 7.04. The number of hydrogen-bond donors (Lipinski definition) is 3. The lowest BCUT2D eigenvalue weighted by Crippen LogP contribution is -2.43. The maximum atomic E-state index is 12.1. The van der Waals surface area contributed by atoms with Crippen LogP contribution in [0.1, 0.15) is 22.3 Å². The van der Waals surface area contributed by atoms with Crippen molar-refractivity contribution < 1.29 is 14.3 Å². The second-order valence-corrected chi connectivity index (χ2v) is 5.09. The van der Waals surface area contributed by atoms with Crippen molar-refractivity contribution in [3.63, 3.8) is 0 Å². The molecule has 1 heterocycles. The molecule has 0 aliphatic carbocycles. The molecule has 1 fully saturated rings. The molecule has 6 nitrogen and oxygen atoms in total. The summed E-state index contributed by atoms with van der Waals surface area (Å²) in [4.78, 5) is 23.7. The topological polar surface area (TPSA) is 79.5 Å². The molecule has 1 saturated heterocycles. The fourth-order valence-corrected chi connectivity index (χ4v) is 2.22. The normalized spacial score (nSPS) is 17.3. The molecule has 22 heavy (non-hydrogen) atoms. The van der Waals surface area contributed by atoms with Crippen molar-refractivity contribution in [3.8, 4) is 0 Å². The largest absolute Gasteiger partial charge is 0.378 e. The first kappa shape index (κ1) is 18.4. The van der Waals surface area contributed by atoms with E-state index < -0.39 is 0 Å². The lowest BCUT2D eigenvalue weighted by Gasteiger charge is -2.23. The van der Waals surface area contributed by atoms with Crippen molar-refractivity contribution in [2.75, 3.05) is 32.1 Å². The van der Waals surface area contributed by atoms with Crippen molar-refractivity contribution in [2.24, 2.45) is 0 Å². The number of anilines is 1. The summed E-state index contributed by atoms with van der Waals surface area (Å²) in [5, 5.41) is 8.67. The van der Waals surface area contributed by atoms with Crippen LogP contribution in [-0.2, 0) is 9.53 Å². The minimum Gasteiger partial charge on any atom is -0.378 e. The van der Waals surface area contributed by atoms with E-state index in [1.165, 1.54) is 0 Å². The minimum absolute atomic E-state index is 0. The van der Waals surface area contributed by atoms with Crippen molar-refractivity contribution >= 4 is 29.9 Å². The molecule has 0 spiro atoms. The van der Waals surface area contributed by atoms with Crippen LogP contribution in [0.4, 0.5) is 5.69 Å². The summed E-state index contributed by atoms with van der Waals surface area (Å²) in [6.45, 7) is 3.89. The van der Waals surface area contributed by atoms with Crippen LogP contribution in [0.2, 0.25) is 0 Å². The maximum absolute atomic E-state index is 12.1. The van der Waals surface area contributed by atoms with Crippen LogP contribution in [0.25, 0.3) is 0 Å². The van der Waals surface area contributed by atoms with Crippen LogP contribution in [0, 0.1) is 6.92 Å². The van der Waals surface area contributed by atoms with Gasteiger partial charge in [0.25, 0.3) is 5.91 Å². The Morgan fingerprint density at radius 3 is 2.82 bits per heavy atom. The van der Waals surface area contributed by atoms with E-state index in [9.17, 15) is 9.59 Å². The van der Waals surface area contributed by atoms with E-state index in [1.54, 1.807) is 19.2 Å². The molecule has 3 N–H and O–H groups in total. The quantitative estimate of drug-likeness (QED) is 0.773. The standard InChI is InChI=1S/C15H21N3O3.ClH/c1-10-3-4-11(15(20)16-2)7-13(10)18-14(19)8-12-9-21-6-5-17-12;/h3-4,7,12,17H,5-6,8-9H2,1-2H3,(H,16,20)(H,18,19);1H. The summed E-state index contributed by atoms with van der Waals surface area (Å²) >= 11 is 0. The number of carbonyl (C=O) groups is 2. The first-order chi connectivity index (χ1) is 10.1. The highest BCUT2D eigenvalue weighted by molar-refractivity contribution is 5.97. The van der Waals surface area contributed by atoms with Crippen molar-refractivity contribution in [1.82, 2.24) is 10.6 Å². The molecule has 0 saturated carbocycles. The summed E-state index contributed by atoms with van der Waals surface area (Å²) < 4.78 is 5.33. The van der Waals surface area contributed by atoms with Gasteiger partial charge in [-0.15, -0.1) is 12.4 Å². The Labute approximate surface area is 136 Å². The Kier molecular flexibility index (Phi) is 7.31. The number of carbonyl (C=O) groups excluding carboxylic acids is 2. The zero-order valence-corrected chi connectivity index (χ0v) is 13.6. The number of hydrogen-bond acceptors (Lipinski definition) is 4. The maximum Gasteiger partial charge on any atom is 0.251 e. The molecule has 1 unspecified atom stereocenters. The number of rotatable bonds is 4. The van der Waals surface area contributed by atoms with Gasteiger partial charge in [0.2, 0.25) is 5.91 Å². The molecule has 1 aromatic rings. The summed E-state index contributed by atoms with van der Waals surface area (Å²) in [7, 11) is 1.58. The van der Waals surface area contributed by atoms with Crippen LogP contribution in [0.5, 0.6) is 0 Å². The average Bonchev–Trinajstić information content (AvgIpc) is 2.49. The number of aryl methyl sites for hydroxylation is 1. The third-order valence-corrected chi connectivity index (χ3v) is 3.43. The number of nitrogens with one attached hydrogen (secondary N) is 3. The van der Waals surface area contributed by atoms with Gasteiger partial charge in [-0.05, 0) is 24.6 Å². The Morgan fingerprint density at radius 2 is 2.18 bits per heavy atom. The Balaban J connectivity index is 0.00000242. The average molecular weight is 328 g/mol. The van der Waals surface area contributed by atoms with Gasteiger partial charge in [0.15, 0.2) is 0 Å². The Hall–Kier alpha value is -1.63. The number of benzene rings is 1. The molecule has 7 heteroatoms. The molecular weight excluding hydrogens is 306 g/mol. The minimum atomic E-state index is -0.173. The van der Waals surface area contributed by atoms with Gasteiger partial charge in [-0.1, -0.05) is 6.07 Å². The molecule has 1 aliphatic rings. The van der Waals surface area contributed by atoms with Gasteiger partial charge in [-0.25, -0.2) is 0 Å². The van der Waals surface area contributed by atoms with Crippen LogP contribution in [-0.4, -0.2) is 44.7 Å². The van der Waals surface area contributed by atoms with Crippen LogP contribution in [0.3, 0.4) is 0 Å². The molecular formula is C15H22ClN3O3. The summed E-state index contributed by atoms with van der Waals surface area (Å²) in [6, 6.07) is 5.29. The Morgan fingerprint density at radius 1 is 1.41 bits per heavy atom. The smallest absolute Gasteiger partial charge is 0.251 e. The highest BCUT2D eigenvalue weighted by atomic mass is 35.5. The molecule has 0 bridgehead atoms. The summed E-state index contributed by atoms with van der Waals surface area (Å²) in [5.74, 6) is -0.261. The highest BCUT2D eigenvalue weighted by Gasteiger charge is 2.17. The zero-order chi connectivity index (χ0) is 15.2. The van der Waals surface area contributed by atoms with Gasteiger partial charge in [0, 0.05) is 37.3 Å². The molecule has 0 radical (unpaired) electrons. The molecule has 2 amide bonds. The van der Waals surface area contributed by atoms with E-state index in [-0.39, 0.29) is 30.3 Å². The predicted octanol–water partition coefficient (Wildman–Crippen LogP) is 1.09. The molecule has 122 valence electrons. The van der Waals surface area contributed by atoms with Crippen LogP contribution < -0.4 is 16.0 Å². The van der Waals surface area contributed by atoms with E-state index in [2.05, 4.69) is 16.0 Å². The Bertz CT molecular complexity index is 531. The first-order valence-electron chi connectivity index (χ1n) is 7.04. The van der Waals surface area contributed by atoms with E-state index in [4.69, 9.17) is 4.74 Å². The van der Waals surface area contributed by atoms with Gasteiger partial charge >= 0.3 is 0 Å². The van der Waals surface area contributed by atoms with Crippen molar-refractivity contribution in [1.29, 1.82) is 0 Å². The SMILES string of the molecule is CNC(=O)c1ccc(C)c(NC(=O)CC2COCCN2)c1.Cl. The monoisotopic (exact) mass is 327 g/mol. The van der Waals surface area contributed by atoms with Gasteiger partial charge < -0.3 is 20.7 Å². The molecule has 0 aromatic heterocycles. The van der Waals surface area contributed by atoms with E-state index in [0.717, 1.165) is 12.1 Å². The fourth-order valence-electron chi connectivity index (χ4n) is 2.22. The van der Waals surface area contributed by atoms with Gasteiger partial charge in [-0.2, -0.15) is 0 Å². The van der Waals surface area contributed by atoms with Crippen LogP contribution in [0.15, 0.2) is 18.2 Å². The van der Waals surface area contributed by atoms with Gasteiger partial charge in [-0.3, -0.25) is 9.59 Å². The second-order valence-electron chi connectivity index (χ2n) is 5.09. The predicted molar refractivity (Wildman–Crippen MR) is 87.7 cm³/mol. The number of halogens is 1. The lowest BCUT2D eigenvalue weighted by atomic mass is 10.1. The van der Waals surface area contributed by atoms with E-state index in [1.807, 2.05) is 13.0 Å². The van der Waals surface area contributed by atoms with E-state index in [0.29, 0.717) is 30.9 Å². The highest BCUT2D eigenvalue weighted by Crippen LogP contribution is 2.17. The second kappa shape index (κ2) is 8.73. The molecule has 1 atom stereocenters. The molecule has 1 aromatic carbocycles. The lowest BCUT2D eigenvalue weighted by molar-refractivity contribution is -0.117. The zero-order valence-electron chi connectivity index (χ0n) is 12.8. The van der Waals surface area contributed by atoms with Gasteiger partial charge in [0.05, 0.1) is 13.2 Å².